The first-order valence-corrected chi connectivity index (χ1v) is 9.99. The van der Waals surface area contributed by atoms with Crippen molar-refractivity contribution in [1.29, 1.82) is 0 Å². The van der Waals surface area contributed by atoms with Crippen LogP contribution in [0.1, 0.15) is 22.8 Å². The van der Waals surface area contributed by atoms with Crippen molar-refractivity contribution in [3.8, 4) is 17.2 Å². The maximum absolute atomic E-state index is 11.1. The molecule has 0 aliphatic carbocycles. The zero-order chi connectivity index (χ0) is 20.6. The summed E-state index contributed by atoms with van der Waals surface area (Å²) in [6, 6.07) is 13.9. The van der Waals surface area contributed by atoms with E-state index in [1.165, 1.54) is 5.56 Å². The third-order valence-corrected chi connectivity index (χ3v) is 5.17. The van der Waals surface area contributed by atoms with Gasteiger partial charge in [0.15, 0.2) is 11.5 Å². The normalized spacial score (nSPS) is 16.2. The van der Waals surface area contributed by atoms with E-state index < -0.39 is 0 Å². The monoisotopic (exact) mass is 398 g/mol. The first-order valence-electron chi connectivity index (χ1n) is 9.99. The van der Waals surface area contributed by atoms with Gasteiger partial charge in [0.25, 0.3) is 0 Å². The quantitative estimate of drug-likeness (QED) is 0.605. The largest absolute Gasteiger partial charge is 0.493 e. The predicted molar refractivity (Wildman–Crippen MR) is 113 cm³/mol. The molecule has 0 N–H and O–H groups in total. The summed E-state index contributed by atoms with van der Waals surface area (Å²) in [6.07, 6.45) is 0.730. The Morgan fingerprint density at radius 1 is 0.966 bits per heavy atom. The fourth-order valence-corrected chi connectivity index (χ4v) is 3.66. The molecule has 1 fully saturated rings. The fourth-order valence-electron chi connectivity index (χ4n) is 3.66. The smallest absolute Gasteiger partial charge is 0.203 e. The minimum Gasteiger partial charge on any atom is -0.493 e. The Balaban J connectivity index is 1.54. The molecule has 0 aromatic heterocycles. The summed E-state index contributed by atoms with van der Waals surface area (Å²) in [6.45, 7) is 7.98. The van der Waals surface area contributed by atoms with Crippen LogP contribution in [0, 0.1) is 0 Å². The molecule has 1 unspecified atom stereocenters. The Kier molecular flexibility index (Phi) is 7.49. The molecule has 2 aromatic rings. The van der Waals surface area contributed by atoms with E-state index in [0.717, 1.165) is 45.6 Å². The lowest BCUT2D eigenvalue weighted by Gasteiger charge is -2.36. The predicted octanol–water partition coefficient (Wildman–Crippen LogP) is 3.10. The number of nitrogens with zero attached hydrogens (tertiary/aromatic N) is 2. The molecule has 156 valence electrons. The Bertz CT molecular complexity index is 764. The third kappa shape index (κ3) is 5.71. The van der Waals surface area contributed by atoms with Crippen molar-refractivity contribution in [2.24, 2.45) is 0 Å². The number of carbonyl (C=O) groups is 1. The molecule has 0 amide bonds. The number of benzene rings is 2. The van der Waals surface area contributed by atoms with Gasteiger partial charge in [-0.1, -0.05) is 30.3 Å². The van der Waals surface area contributed by atoms with E-state index in [0.29, 0.717) is 22.8 Å². The van der Waals surface area contributed by atoms with Gasteiger partial charge in [-0.2, -0.15) is 0 Å². The van der Waals surface area contributed by atoms with Crippen LogP contribution >= 0.6 is 0 Å². The molecule has 1 aliphatic rings. The van der Waals surface area contributed by atoms with Crippen molar-refractivity contribution >= 4 is 6.29 Å². The second-order valence-electron chi connectivity index (χ2n) is 7.36. The van der Waals surface area contributed by atoms with E-state index in [-0.39, 0.29) is 6.10 Å². The molecule has 0 saturated carbocycles. The van der Waals surface area contributed by atoms with E-state index in [4.69, 9.17) is 14.2 Å². The first-order chi connectivity index (χ1) is 14.1. The van der Waals surface area contributed by atoms with Gasteiger partial charge >= 0.3 is 0 Å². The van der Waals surface area contributed by atoms with Crippen LogP contribution in [0.25, 0.3) is 0 Å². The SMILES string of the molecule is COc1cc(C=O)cc(OC)c1OC(C)CN1CCN(Cc2ccccc2)CC1. The second-order valence-corrected chi connectivity index (χ2v) is 7.36. The van der Waals surface area contributed by atoms with Crippen LogP contribution < -0.4 is 14.2 Å². The molecule has 1 aliphatic heterocycles. The van der Waals surface area contributed by atoms with Crippen LogP contribution in [0.4, 0.5) is 0 Å². The maximum atomic E-state index is 11.1. The maximum Gasteiger partial charge on any atom is 0.203 e. The van der Waals surface area contributed by atoms with Gasteiger partial charge in [-0.3, -0.25) is 14.6 Å². The third-order valence-electron chi connectivity index (χ3n) is 5.17. The number of hydrogen-bond acceptors (Lipinski definition) is 6. The number of ether oxygens (including phenoxy) is 3. The highest BCUT2D eigenvalue weighted by Crippen LogP contribution is 2.39. The number of hydrogen-bond donors (Lipinski definition) is 0. The molecule has 0 spiro atoms. The lowest BCUT2D eigenvalue weighted by molar-refractivity contribution is 0.0849. The van der Waals surface area contributed by atoms with E-state index in [1.54, 1.807) is 26.4 Å². The molecule has 2 aromatic carbocycles. The van der Waals surface area contributed by atoms with Crippen LogP contribution in [0.2, 0.25) is 0 Å². The van der Waals surface area contributed by atoms with Crippen LogP contribution in [0.15, 0.2) is 42.5 Å². The molecule has 3 rings (SSSR count). The van der Waals surface area contributed by atoms with Gasteiger partial charge in [0.1, 0.15) is 12.4 Å². The Labute approximate surface area is 173 Å². The minimum absolute atomic E-state index is 0.0412. The molecule has 6 nitrogen and oxygen atoms in total. The molecule has 1 heterocycles. The lowest BCUT2D eigenvalue weighted by atomic mass is 10.2. The average Bonchev–Trinajstić information content (AvgIpc) is 2.75. The molecule has 0 radical (unpaired) electrons. The van der Waals surface area contributed by atoms with Crippen molar-refractivity contribution in [1.82, 2.24) is 9.80 Å². The average molecular weight is 399 g/mol. The van der Waals surface area contributed by atoms with Crippen molar-refractivity contribution in [2.45, 2.75) is 19.6 Å². The first kappa shape index (κ1) is 21.1. The summed E-state index contributed by atoms with van der Waals surface area (Å²) >= 11 is 0. The zero-order valence-corrected chi connectivity index (χ0v) is 17.5. The number of aldehydes is 1. The number of methoxy groups -OCH3 is 2. The fraction of sp³-hybridized carbons (Fsp3) is 0.435. The molecule has 0 bridgehead atoms. The van der Waals surface area contributed by atoms with Gasteiger partial charge in [0, 0.05) is 44.8 Å². The molecule has 1 saturated heterocycles. The highest BCUT2D eigenvalue weighted by atomic mass is 16.5. The molecular weight excluding hydrogens is 368 g/mol. The number of piperazine rings is 1. The Hall–Kier alpha value is -2.57. The summed E-state index contributed by atoms with van der Waals surface area (Å²) in [5.41, 5.74) is 1.85. The van der Waals surface area contributed by atoms with Crippen LogP contribution in [0.5, 0.6) is 17.2 Å². The number of rotatable bonds is 9. The van der Waals surface area contributed by atoms with E-state index in [1.807, 2.05) is 6.92 Å². The summed E-state index contributed by atoms with van der Waals surface area (Å²) in [5.74, 6) is 1.55. The standard InChI is InChI=1S/C23H30N2O4/c1-18(29-23-21(27-2)13-20(17-26)14-22(23)28-3)15-24-9-11-25(12-10-24)16-19-7-5-4-6-8-19/h4-8,13-14,17-18H,9-12,15-16H2,1-3H3. The van der Waals surface area contributed by atoms with Gasteiger partial charge in [-0.25, -0.2) is 0 Å². The number of carbonyl (C=O) groups excluding carboxylic acids is 1. The van der Waals surface area contributed by atoms with Crippen molar-refractivity contribution in [3.63, 3.8) is 0 Å². The van der Waals surface area contributed by atoms with E-state index in [9.17, 15) is 4.79 Å². The van der Waals surface area contributed by atoms with E-state index >= 15 is 0 Å². The molecule has 1 atom stereocenters. The van der Waals surface area contributed by atoms with Crippen LogP contribution in [0.3, 0.4) is 0 Å². The minimum atomic E-state index is -0.0412. The van der Waals surface area contributed by atoms with Crippen molar-refractivity contribution in [2.75, 3.05) is 46.9 Å². The van der Waals surface area contributed by atoms with Gasteiger partial charge in [0.05, 0.1) is 14.2 Å². The molecule has 6 heteroatoms. The highest BCUT2D eigenvalue weighted by Gasteiger charge is 2.21. The summed E-state index contributed by atoms with van der Waals surface area (Å²) in [4.78, 5) is 16.0. The van der Waals surface area contributed by atoms with Gasteiger partial charge < -0.3 is 14.2 Å². The summed E-state index contributed by atoms with van der Waals surface area (Å²) in [5, 5.41) is 0. The second kappa shape index (κ2) is 10.3. The Morgan fingerprint density at radius 3 is 2.10 bits per heavy atom. The topological polar surface area (TPSA) is 51.2 Å². The van der Waals surface area contributed by atoms with Gasteiger partial charge in [0.2, 0.25) is 5.75 Å². The van der Waals surface area contributed by atoms with Crippen molar-refractivity contribution < 1.29 is 19.0 Å². The van der Waals surface area contributed by atoms with Gasteiger partial charge in [-0.05, 0) is 24.6 Å². The zero-order valence-electron chi connectivity index (χ0n) is 17.5. The summed E-state index contributed by atoms with van der Waals surface area (Å²) < 4.78 is 17.0. The van der Waals surface area contributed by atoms with Crippen LogP contribution in [-0.4, -0.2) is 69.1 Å². The lowest BCUT2D eigenvalue weighted by Crippen LogP contribution is -2.48. The van der Waals surface area contributed by atoms with Crippen LogP contribution in [-0.2, 0) is 6.54 Å². The molecule has 29 heavy (non-hydrogen) atoms. The Morgan fingerprint density at radius 2 is 1.55 bits per heavy atom. The molecular formula is C23H30N2O4. The van der Waals surface area contributed by atoms with Gasteiger partial charge in [-0.15, -0.1) is 0 Å². The van der Waals surface area contributed by atoms with E-state index in [2.05, 4.69) is 40.1 Å². The van der Waals surface area contributed by atoms with Crippen molar-refractivity contribution in [3.05, 3.63) is 53.6 Å². The highest BCUT2D eigenvalue weighted by molar-refractivity contribution is 5.78. The summed E-state index contributed by atoms with van der Waals surface area (Å²) in [7, 11) is 3.12.